The second-order valence-corrected chi connectivity index (χ2v) is 12.1. The monoisotopic (exact) mass is 572 g/mol. The molecule has 1 amide bonds. The first-order chi connectivity index (χ1) is 18.6. The Labute approximate surface area is 234 Å². The van der Waals surface area contributed by atoms with Crippen molar-refractivity contribution in [3.63, 3.8) is 0 Å². The van der Waals surface area contributed by atoms with Gasteiger partial charge in [-0.15, -0.1) is 0 Å². The molecule has 0 saturated carbocycles. The number of aliphatic hydroxyl groups is 1. The summed E-state index contributed by atoms with van der Waals surface area (Å²) in [5, 5.41) is 10.3. The summed E-state index contributed by atoms with van der Waals surface area (Å²) in [5.41, 5.74) is 1.56. The van der Waals surface area contributed by atoms with Crippen molar-refractivity contribution in [2.24, 2.45) is 5.92 Å². The fourth-order valence-corrected chi connectivity index (χ4v) is 5.68. The van der Waals surface area contributed by atoms with Gasteiger partial charge < -0.3 is 14.7 Å². The highest BCUT2D eigenvalue weighted by Gasteiger charge is 2.33. The van der Waals surface area contributed by atoms with Crippen LogP contribution in [-0.2, 0) is 16.6 Å². The van der Waals surface area contributed by atoms with Gasteiger partial charge in [-0.05, 0) is 74.1 Å². The van der Waals surface area contributed by atoms with Gasteiger partial charge >= 0.3 is 0 Å². The average Bonchev–Trinajstić information content (AvgIpc) is 2.91. The van der Waals surface area contributed by atoms with Crippen molar-refractivity contribution in [2.45, 2.75) is 37.4 Å². The van der Waals surface area contributed by atoms with E-state index in [2.05, 4.69) is 14.6 Å². The lowest BCUT2D eigenvalue weighted by molar-refractivity contribution is 0.0341. The number of aliphatic hydroxyl groups excluding tert-OH is 1. The number of likely N-dealkylation sites (N-methyl/N-ethyl adjacent to an activating group) is 1. The fraction of sp³-hybridized carbons (Fsp3) is 0.357. The Kier molecular flexibility index (Phi) is 9.12. The number of carbonyl (C=O) groups is 1. The summed E-state index contributed by atoms with van der Waals surface area (Å²) in [6, 6.07) is 14.0. The number of nitrogens with one attached hydrogen (secondary N) is 1. The number of nitrogens with zero attached hydrogens (tertiary/aromatic N) is 3. The lowest BCUT2D eigenvalue weighted by Gasteiger charge is -2.38. The van der Waals surface area contributed by atoms with Gasteiger partial charge in [0.25, 0.3) is 15.9 Å². The quantitative estimate of drug-likeness (QED) is 0.400. The Hall–Kier alpha value is -3.18. The van der Waals surface area contributed by atoms with Gasteiger partial charge in [-0.3, -0.25) is 19.4 Å². The number of hydrogen-bond acceptors (Lipinski definition) is 7. The zero-order valence-electron chi connectivity index (χ0n) is 22.1. The SMILES string of the molecule is C[C@H]1CN([C@@H](C)CO)C(=O)c2cc(NS(=O)(=O)c3ccc(Cl)cc3)ccc2O[C@H]1CN(C)Cc1ccncc1. The molecule has 208 valence electrons. The third-order valence-corrected chi connectivity index (χ3v) is 8.38. The molecule has 0 aliphatic carbocycles. The van der Waals surface area contributed by atoms with Gasteiger partial charge in [-0.25, -0.2) is 8.42 Å². The zero-order chi connectivity index (χ0) is 28.2. The average molecular weight is 573 g/mol. The van der Waals surface area contributed by atoms with Gasteiger partial charge in [0.1, 0.15) is 11.9 Å². The van der Waals surface area contributed by atoms with Crippen molar-refractivity contribution in [3.8, 4) is 5.75 Å². The molecular formula is C28H33ClN4O5S. The molecule has 11 heteroatoms. The van der Waals surface area contributed by atoms with Crippen molar-refractivity contribution in [2.75, 3.05) is 31.5 Å². The van der Waals surface area contributed by atoms with E-state index in [1.807, 2.05) is 26.1 Å². The third kappa shape index (κ3) is 7.07. The number of fused-ring (bicyclic) bond motifs is 1. The number of amides is 1. The van der Waals surface area contributed by atoms with E-state index in [0.29, 0.717) is 30.4 Å². The molecule has 0 unspecified atom stereocenters. The number of pyridine rings is 1. The van der Waals surface area contributed by atoms with Crippen LogP contribution in [-0.4, -0.2) is 73.1 Å². The van der Waals surface area contributed by atoms with Crippen molar-refractivity contribution in [1.29, 1.82) is 0 Å². The Balaban J connectivity index is 1.63. The van der Waals surface area contributed by atoms with Gasteiger partial charge in [0.15, 0.2) is 0 Å². The van der Waals surface area contributed by atoms with Crippen molar-refractivity contribution in [1.82, 2.24) is 14.8 Å². The smallest absolute Gasteiger partial charge is 0.261 e. The Bertz CT molecular complexity index is 1390. The van der Waals surface area contributed by atoms with Crippen molar-refractivity contribution >= 4 is 33.2 Å². The largest absolute Gasteiger partial charge is 0.488 e. The Morgan fingerprint density at radius 2 is 1.87 bits per heavy atom. The second kappa shape index (κ2) is 12.3. The summed E-state index contributed by atoms with van der Waals surface area (Å²) < 4.78 is 34.8. The lowest BCUT2D eigenvalue weighted by atomic mass is 9.99. The number of sulfonamides is 1. The van der Waals surface area contributed by atoms with Crippen molar-refractivity contribution in [3.05, 3.63) is 83.1 Å². The molecule has 39 heavy (non-hydrogen) atoms. The van der Waals surface area contributed by atoms with E-state index in [9.17, 15) is 18.3 Å². The van der Waals surface area contributed by atoms with Crippen LogP contribution in [0.15, 0.2) is 71.9 Å². The molecule has 0 fully saturated rings. The lowest BCUT2D eigenvalue weighted by Crippen LogP contribution is -2.49. The number of anilines is 1. The summed E-state index contributed by atoms with van der Waals surface area (Å²) in [7, 11) is -1.91. The second-order valence-electron chi connectivity index (χ2n) is 9.95. The summed E-state index contributed by atoms with van der Waals surface area (Å²) in [6.45, 7) is 5.25. The number of carbonyl (C=O) groups excluding carboxylic acids is 1. The number of aromatic nitrogens is 1. The topological polar surface area (TPSA) is 112 Å². The molecule has 0 saturated heterocycles. The van der Waals surface area contributed by atoms with E-state index in [1.54, 1.807) is 36.4 Å². The van der Waals surface area contributed by atoms with Crippen LogP contribution < -0.4 is 9.46 Å². The number of hydrogen-bond donors (Lipinski definition) is 2. The predicted molar refractivity (Wildman–Crippen MR) is 150 cm³/mol. The fourth-order valence-electron chi connectivity index (χ4n) is 4.50. The van der Waals surface area contributed by atoms with E-state index in [0.717, 1.165) is 5.56 Å². The number of halogens is 1. The van der Waals surface area contributed by atoms with Gasteiger partial charge in [0.2, 0.25) is 0 Å². The maximum atomic E-state index is 13.7. The van der Waals surface area contributed by atoms with Crippen LogP contribution in [0.1, 0.15) is 29.8 Å². The van der Waals surface area contributed by atoms with Gasteiger partial charge in [0.05, 0.1) is 23.1 Å². The first-order valence-electron chi connectivity index (χ1n) is 12.7. The Morgan fingerprint density at radius 1 is 1.18 bits per heavy atom. The first kappa shape index (κ1) is 28.8. The van der Waals surface area contributed by atoms with E-state index < -0.39 is 16.1 Å². The normalized spacial score (nSPS) is 18.6. The van der Waals surface area contributed by atoms with Crippen molar-refractivity contribution < 1.29 is 23.1 Å². The molecule has 3 atom stereocenters. The number of benzene rings is 2. The zero-order valence-corrected chi connectivity index (χ0v) is 23.7. The molecule has 0 radical (unpaired) electrons. The minimum absolute atomic E-state index is 0.0425. The van der Waals surface area contributed by atoms with Crippen LogP contribution in [0.2, 0.25) is 5.02 Å². The molecular weight excluding hydrogens is 540 g/mol. The highest BCUT2D eigenvalue weighted by atomic mass is 35.5. The molecule has 0 spiro atoms. The molecule has 2 heterocycles. The van der Waals surface area contributed by atoms with Crippen LogP contribution in [0.4, 0.5) is 5.69 Å². The molecule has 1 aliphatic heterocycles. The highest BCUT2D eigenvalue weighted by molar-refractivity contribution is 7.92. The molecule has 4 rings (SSSR count). The molecule has 0 bridgehead atoms. The predicted octanol–water partition coefficient (Wildman–Crippen LogP) is 3.89. The Morgan fingerprint density at radius 3 is 2.54 bits per heavy atom. The maximum Gasteiger partial charge on any atom is 0.261 e. The first-order valence-corrected chi connectivity index (χ1v) is 14.5. The van der Waals surface area contributed by atoms with Crippen LogP contribution in [0, 0.1) is 5.92 Å². The van der Waals surface area contributed by atoms with E-state index >= 15 is 0 Å². The summed E-state index contributed by atoms with van der Waals surface area (Å²) in [4.78, 5) is 21.5. The summed E-state index contributed by atoms with van der Waals surface area (Å²) in [5.74, 6) is -0.0213. The third-order valence-electron chi connectivity index (χ3n) is 6.73. The van der Waals surface area contributed by atoms with Gasteiger partial charge in [0, 0.05) is 48.7 Å². The maximum absolute atomic E-state index is 13.7. The van der Waals surface area contributed by atoms with Gasteiger partial charge in [-0.2, -0.15) is 0 Å². The molecule has 1 aliphatic rings. The van der Waals surface area contributed by atoms with Crippen LogP contribution in [0.3, 0.4) is 0 Å². The van der Waals surface area contributed by atoms with E-state index in [1.165, 1.54) is 30.3 Å². The molecule has 2 aromatic carbocycles. The van der Waals surface area contributed by atoms with E-state index in [4.69, 9.17) is 16.3 Å². The van der Waals surface area contributed by atoms with E-state index in [-0.39, 0.29) is 40.7 Å². The summed E-state index contributed by atoms with van der Waals surface area (Å²) in [6.07, 6.45) is 3.24. The minimum atomic E-state index is -3.92. The highest BCUT2D eigenvalue weighted by Crippen LogP contribution is 2.31. The molecule has 2 N–H and O–H groups in total. The van der Waals surface area contributed by atoms with Crippen LogP contribution in [0.5, 0.6) is 5.75 Å². The number of ether oxygens (including phenoxy) is 1. The minimum Gasteiger partial charge on any atom is -0.488 e. The number of rotatable bonds is 9. The molecule has 9 nitrogen and oxygen atoms in total. The van der Waals surface area contributed by atoms with Crippen LogP contribution >= 0.6 is 11.6 Å². The van der Waals surface area contributed by atoms with Gasteiger partial charge in [-0.1, -0.05) is 18.5 Å². The van der Waals surface area contributed by atoms with Crippen LogP contribution in [0.25, 0.3) is 0 Å². The standard InChI is InChI=1S/C28H33ClN4O5S/c1-19-15-33(20(2)18-34)28(35)25-14-23(31-39(36,37)24-7-4-22(29)5-8-24)6-9-26(25)38-27(19)17-32(3)16-21-10-12-30-13-11-21/h4-14,19-20,27,31,34H,15-18H2,1-3H3/t19-,20-,27-/m0/s1. The molecule has 1 aromatic heterocycles. The summed E-state index contributed by atoms with van der Waals surface area (Å²) >= 11 is 5.90. The molecule has 3 aromatic rings.